The Bertz CT molecular complexity index is 662. The van der Waals surface area contributed by atoms with Gasteiger partial charge in [0.05, 0.1) is 12.2 Å². The van der Waals surface area contributed by atoms with Gasteiger partial charge in [-0.1, -0.05) is 0 Å². The fourth-order valence-electron chi connectivity index (χ4n) is 2.83. The normalized spacial score (nSPS) is 13.3. The Labute approximate surface area is 124 Å². The van der Waals surface area contributed by atoms with Gasteiger partial charge in [-0.05, 0) is 43.2 Å². The average molecular weight is 284 g/mol. The summed E-state index contributed by atoms with van der Waals surface area (Å²) in [6.45, 7) is 6.12. The molecule has 0 bridgehead atoms. The predicted molar refractivity (Wildman–Crippen MR) is 83.4 cm³/mol. The molecule has 21 heavy (non-hydrogen) atoms. The molecule has 1 aliphatic heterocycles. The number of rotatable bonds is 4. The lowest BCUT2D eigenvalue weighted by Gasteiger charge is -2.15. The minimum Gasteiger partial charge on any atom is -0.379 e. The SMILES string of the molecule is CCn1nccc1CNc1ccc2c(c1)CCN2C(C)=O. The van der Waals surface area contributed by atoms with Crippen molar-refractivity contribution in [3.8, 4) is 0 Å². The lowest BCUT2D eigenvalue weighted by molar-refractivity contribution is -0.116. The van der Waals surface area contributed by atoms with E-state index in [2.05, 4.69) is 23.4 Å². The summed E-state index contributed by atoms with van der Waals surface area (Å²) in [5.74, 6) is 0.112. The van der Waals surface area contributed by atoms with Gasteiger partial charge in [0, 0.05) is 37.6 Å². The van der Waals surface area contributed by atoms with Crippen molar-refractivity contribution in [2.45, 2.75) is 33.4 Å². The van der Waals surface area contributed by atoms with Crippen LogP contribution in [-0.2, 0) is 24.3 Å². The van der Waals surface area contributed by atoms with Crippen LogP contribution >= 0.6 is 0 Å². The van der Waals surface area contributed by atoms with Gasteiger partial charge >= 0.3 is 0 Å². The van der Waals surface area contributed by atoms with Gasteiger partial charge in [-0.2, -0.15) is 5.10 Å². The number of hydrogen-bond donors (Lipinski definition) is 1. The Kier molecular flexibility index (Phi) is 3.64. The highest BCUT2D eigenvalue weighted by atomic mass is 16.2. The van der Waals surface area contributed by atoms with Crippen molar-refractivity contribution in [3.05, 3.63) is 41.7 Å². The van der Waals surface area contributed by atoms with Gasteiger partial charge in [0.25, 0.3) is 0 Å². The van der Waals surface area contributed by atoms with Gasteiger partial charge in [-0.3, -0.25) is 9.48 Å². The zero-order valence-corrected chi connectivity index (χ0v) is 12.5. The Hall–Kier alpha value is -2.30. The maximum absolute atomic E-state index is 11.5. The molecular weight excluding hydrogens is 264 g/mol. The lowest BCUT2D eigenvalue weighted by Crippen LogP contribution is -2.25. The first-order chi connectivity index (χ1) is 10.2. The minimum atomic E-state index is 0.112. The molecule has 1 aromatic heterocycles. The van der Waals surface area contributed by atoms with Gasteiger partial charge in [-0.25, -0.2) is 0 Å². The van der Waals surface area contributed by atoms with Crippen LogP contribution in [0.15, 0.2) is 30.5 Å². The van der Waals surface area contributed by atoms with Crippen molar-refractivity contribution in [2.24, 2.45) is 0 Å². The fraction of sp³-hybridized carbons (Fsp3) is 0.375. The molecule has 110 valence electrons. The van der Waals surface area contributed by atoms with Gasteiger partial charge < -0.3 is 10.2 Å². The van der Waals surface area contributed by atoms with Crippen molar-refractivity contribution in [1.29, 1.82) is 0 Å². The fourth-order valence-corrected chi connectivity index (χ4v) is 2.83. The summed E-state index contributed by atoms with van der Waals surface area (Å²) in [7, 11) is 0. The van der Waals surface area contributed by atoms with Crippen molar-refractivity contribution in [1.82, 2.24) is 9.78 Å². The maximum atomic E-state index is 11.5. The second kappa shape index (κ2) is 5.60. The maximum Gasteiger partial charge on any atom is 0.223 e. The van der Waals surface area contributed by atoms with E-state index in [1.165, 1.54) is 11.3 Å². The molecule has 0 atom stereocenters. The summed E-state index contributed by atoms with van der Waals surface area (Å²) in [5, 5.41) is 7.70. The van der Waals surface area contributed by atoms with E-state index in [0.29, 0.717) is 0 Å². The standard InChI is InChI=1S/C16H20N4O/c1-3-20-15(6-8-18-20)11-17-14-4-5-16-13(10-14)7-9-19(16)12(2)21/h4-6,8,10,17H,3,7,9,11H2,1-2H3. The minimum absolute atomic E-state index is 0.112. The first-order valence-corrected chi connectivity index (χ1v) is 7.34. The lowest BCUT2D eigenvalue weighted by atomic mass is 10.1. The zero-order valence-electron chi connectivity index (χ0n) is 12.5. The van der Waals surface area contributed by atoms with E-state index in [4.69, 9.17) is 0 Å². The molecule has 3 rings (SSSR count). The summed E-state index contributed by atoms with van der Waals surface area (Å²) in [6, 6.07) is 8.24. The number of carbonyl (C=O) groups is 1. The number of aryl methyl sites for hydroxylation is 1. The van der Waals surface area contributed by atoms with Crippen LogP contribution in [0.4, 0.5) is 11.4 Å². The Balaban J connectivity index is 1.72. The van der Waals surface area contributed by atoms with E-state index in [-0.39, 0.29) is 5.91 Å². The number of nitrogens with zero attached hydrogens (tertiary/aromatic N) is 3. The summed E-state index contributed by atoms with van der Waals surface area (Å²) in [4.78, 5) is 13.4. The molecule has 1 aromatic carbocycles. The van der Waals surface area contributed by atoms with Gasteiger partial charge in [0.1, 0.15) is 0 Å². The summed E-state index contributed by atoms with van der Waals surface area (Å²) < 4.78 is 1.98. The molecule has 0 aliphatic carbocycles. The van der Waals surface area contributed by atoms with Gasteiger partial charge in [-0.15, -0.1) is 0 Å². The predicted octanol–water partition coefficient (Wildman–Crippen LogP) is 2.42. The molecule has 5 heteroatoms. The highest BCUT2D eigenvalue weighted by Gasteiger charge is 2.21. The van der Waals surface area contributed by atoms with Crippen molar-refractivity contribution in [3.63, 3.8) is 0 Å². The largest absolute Gasteiger partial charge is 0.379 e. The zero-order chi connectivity index (χ0) is 14.8. The van der Waals surface area contributed by atoms with Crippen LogP contribution in [0.3, 0.4) is 0 Å². The van der Waals surface area contributed by atoms with E-state index in [9.17, 15) is 4.79 Å². The summed E-state index contributed by atoms with van der Waals surface area (Å²) in [6.07, 6.45) is 2.76. The Morgan fingerprint density at radius 2 is 2.24 bits per heavy atom. The number of anilines is 2. The van der Waals surface area contributed by atoms with Crippen LogP contribution in [0, 0.1) is 0 Å². The quantitative estimate of drug-likeness (QED) is 0.938. The van der Waals surface area contributed by atoms with Crippen LogP contribution in [0.1, 0.15) is 25.1 Å². The van der Waals surface area contributed by atoms with E-state index in [1.807, 2.05) is 34.0 Å². The number of aromatic nitrogens is 2. The summed E-state index contributed by atoms with van der Waals surface area (Å²) in [5.41, 5.74) is 4.54. The Morgan fingerprint density at radius 3 is 3.00 bits per heavy atom. The highest BCUT2D eigenvalue weighted by molar-refractivity contribution is 5.94. The van der Waals surface area contributed by atoms with Crippen molar-refractivity contribution < 1.29 is 4.79 Å². The first-order valence-electron chi connectivity index (χ1n) is 7.34. The number of nitrogens with one attached hydrogen (secondary N) is 1. The van der Waals surface area contributed by atoms with E-state index in [0.717, 1.165) is 37.4 Å². The third kappa shape index (κ3) is 2.63. The molecule has 0 saturated heterocycles. The number of fused-ring (bicyclic) bond motifs is 1. The topological polar surface area (TPSA) is 50.2 Å². The second-order valence-corrected chi connectivity index (χ2v) is 5.26. The third-order valence-corrected chi connectivity index (χ3v) is 3.93. The molecule has 0 radical (unpaired) electrons. The van der Waals surface area contributed by atoms with E-state index < -0.39 is 0 Å². The molecule has 0 saturated carbocycles. The van der Waals surface area contributed by atoms with Crippen LogP contribution in [0.2, 0.25) is 0 Å². The molecule has 1 N–H and O–H groups in total. The molecule has 2 aromatic rings. The van der Waals surface area contributed by atoms with Crippen molar-refractivity contribution >= 4 is 17.3 Å². The molecule has 2 heterocycles. The monoisotopic (exact) mass is 284 g/mol. The summed E-state index contributed by atoms with van der Waals surface area (Å²) >= 11 is 0. The van der Waals surface area contributed by atoms with Crippen molar-refractivity contribution in [2.75, 3.05) is 16.8 Å². The van der Waals surface area contributed by atoms with Gasteiger partial charge in [0.2, 0.25) is 5.91 Å². The van der Waals surface area contributed by atoms with Crippen LogP contribution in [0.5, 0.6) is 0 Å². The highest BCUT2D eigenvalue weighted by Crippen LogP contribution is 2.30. The molecular formula is C16H20N4O. The van der Waals surface area contributed by atoms with Gasteiger partial charge in [0.15, 0.2) is 0 Å². The third-order valence-electron chi connectivity index (χ3n) is 3.93. The van der Waals surface area contributed by atoms with Crippen LogP contribution in [-0.4, -0.2) is 22.2 Å². The second-order valence-electron chi connectivity index (χ2n) is 5.26. The molecule has 5 nitrogen and oxygen atoms in total. The number of amides is 1. The Morgan fingerprint density at radius 1 is 1.38 bits per heavy atom. The molecule has 0 spiro atoms. The molecule has 1 aliphatic rings. The molecule has 0 fully saturated rings. The van der Waals surface area contributed by atoms with E-state index in [1.54, 1.807) is 6.92 Å². The van der Waals surface area contributed by atoms with E-state index >= 15 is 0 Å². The smallest absolute Gasteiger partial charge is 0.223 e. The average Bonchev–Trinajstić information content (AvgIpc) is 3.10. The number of hydrogen-bond acceptors (Lipinski definition) is 3. The van der Waals surface area contributed by atoms with Crippen LogP contribution < -0.4 is 10.2 Å². The van der Waals surface area contributed by atoms with Crippen LogP contribution in [0.25, 0.3) is 0 Å². The molecule has 1 amide bonds. The number of carbonyl (C=O) groups excluding carboxylic acids is 1. The first kappa shape index (κ1) is 13.7. The number of benzene rings is 1. The molecule has 0 unspecified atom stereocenters.